The molecule has 2 amide bonds. The third-order valence-electron chi connectivity index (χ3n) is 3.76. The van der Waals surface area contributed by atoms with E-state index in [0.29, 0.717) is 17.0 Å². The van der Waals surface area contributed by atoms with E-state index in [1.165, 1.54) is 6.07 Å². The van der Waals surface area contributed by atoms with Crippen molar-refractivity contribution in [3.05, 3.63) is 90.8 Å². The molecule has 3 rings (SSSR count). The molecule has 0 heterocycles. The molecule has 0 bridgehead atoms. The smallest absolute Gasteiger partial charge is 0.339 e. The van der Waals surface area contributed by atoms with Crippen LogP contribution in [0.15, 0.2) is 71.8 Å². The Morgan fingerprint density at radius 1 is 1.03 bits per heavy atom. The highest BCUT2D eigenvalue weighted by Crippen LogP contribution is 2.29. The van der Waals surface area contributed by atoms with Crippen LogP contribution in [0, 0.1) is 13.0 Å². The van der Waals surface area contributed by atoms with E-state index < -0.39 is 6.03 Å². The average molecular weight is 615 g/mol. The average Bonchev–Trinajstić information content (AvgIpc) is 2.69. The van der Waals surface area contributed by atoms with Crippen LogP contribution in [0.3, 0.4) is 0 Å². The van der Waals surface area contributed by atoms with Gasteiger partial charge in [-0.25, -0.2) is 14.6 Å². The number of hydrogen-bond donors (Lipinski definition) is 2. The minimum absolute atomic E-state index is 0.146. The Bertz CT molecular complexity index is 1010. The summed E-state index contributed by atoms with van der Waals surface area (Å²) in [6.45, 7) is 0.146. The van der Waals surface area contributed by atoms with Gasteiger partial charge >= 0.3 is 6.03 Å². The fourth-order valence-corrected chi connectivity index (χ4v) is 4.53. The first kappa shape index (κ1) is 21.5. The van der Waals surface area contributed by atoms with Crippen LogP contribution in [0.25, 0.3) is 0 Å². The van der Waals surface area contributed by atoms with Crippen LogP contribution in [0.5, 0.6) is 5.75 Å². The third-order valence-corrected chi connectivity index (χ3v) is 5.36. The summed E-state index contributed by atoms with van der Waals surface area (Å²) in [5.41, 5.74) is 4.41. The summed E-state index contributed by atoms with van der Waals surface area (Å²) in [5, 5.41) is 6.65. The number of carbonyl (C=O) groups excluding carboxylic acids is 1. The van der Waals surface area contributed by atoms with Crippen molar-refractivity contribution in [3.63, 3.8) is 0 Å². The van der Waals surface area contributed by atoms with Crippen molar-refractivity contribution >= 4 is 63.1 Å². The topological polar surface area (TPSA) is 62.7 Å². The van der Waals surface area contributed by atoms with Crippen LogP contribution in [-0.2, 0) is 6.61 Å². The fourth-order valence-electron chi connectivity index (χ4n) is 2.40. The molecular weight excluding hydrogens is 599 g/mol. The first-order valence-corrected chi connectivity index (χ1v) is 10.7. The van der Waals surface area contributed by atoms with Gasteiger partial charge in [-0.3, -0.25) is 0 Å². The van der Waals surface area contributed by atoms with E-state index in [2.05, 4.69) is 61.0 Å². The minimum Gasteiger partial charge on any atom is -0.487 e. The molecule has 0 saturated carbocycles. The lowest BCUT2D eigenvalue weighted by Gasteiger charge is -2.12. The molecule has 0 aliphatic heterocycles. The molecule has 2 N–H and O–H groups in total. The monoisotopic (exact) mass is 615 g/mol. The molecule has 0 aromatic heterocycles. The SMILES string of the molecule is O=C(N/N=C/c1cc(I)c(OCc2ccccc2F)c(I)c1)Nc1ccccc1. The number of hydrazone groups is 1. The molecule has 0 aliphatic rings. The molecule has 29 heavy (non-hydrogen) atoms. The molecule has 0 fully saturated rings. The van der Waals surface area contributed by atoms with E-state index in [-0.39, 0.29) is 12.4 Å². The lowest BCUT2D eigenvalue weighted by Crippen LogP contribution is -2.24. The van der Waals surface area contributed by atoms with Gasteiger partial charge in [-0.15, -0.1) is 0 Å². The van der Waals surface area contributed by atoms with Crippen LogP contribution >= 0.6 is 45.2 Å². The molecule has 3 aromatic carbocycles. The molecule has 0 spiro atoms. The standard InChI is InChI=1S/C21H16FI2N3O2/c22-17-9-5-4-6-15(17)13-29-20-18(23)10-14(11-19(20)24)12-25-27-21(28)26-16-7-2-1-3-8-16/h1-12H,13H2,(H2,26,27,28)/b25-12+. The number of para-hydroxylation sites is 1. The predicted octanol–water partition coefficient (Wildman–Crippen LogP) is 5.77. The molecular formula is C21H16FI2N3O2. The maximum absolute atomic E-state index is 13.8. The summed E-state index contributed by atoms with van der Waals surface area (Å²) < 4.78 is 21.3. The Hall–Kier alpha value is -2.21. The first-order chi connectivity index (χ1) is 14.0. The number of urea groups is 1. The van der Waals surface area contributed by atoms with Gasteiger partial charge in [0.05, 0.1) is 13.4 Å². The van der Waals surface area contributed by atoms with Gasteiger partial charge in [0.1, 0.15) is 18.2 Å². The second-order valence-corrected chi connectivity index (χ2v) is 8.21. The largest absolute Gasteiger partial charge is 0.487 e. The quantitative estimate of drug-likeness (QED) is 0.210. The van der Waals surface area contributed by atoms with Crippen LogP contribution in [0.2, 0.25) is 0 Å². The number of halogens is 3. The number of hydrogen-bond acceptors (Lipinski definition) is 3. The number of nitrogens with one attached hydrogen (secondary N) is 2. The second-order valence-electron chi connectivity index (χ2n) is 5.88. The Balaban J connectivity index is 1.60. The van der Waals surface area contributed by atoms with Gasteiger partial charge in [-0.05, 0) is 81.1 Å². The van der Waals surface area contributed by atoms with Gasteiger partial charge in [-0.2, -0.15) is 5.10 Å². The van der Waals surface area contributed by atoms with Crippen molar-refractivity contribution in [2.45, 2.75) is 6.61 Å². The zero-order chi connectivity index (χ0) is 20.6. The summed E-state index contributed by atoms with van der Waals surface area (Å²) in [6.07, 6.45) is 1.55. The van der Waals surface area contributed by atoms with Gasteiger partial charge in [0.25, 0.3) is 0 Å². The van der Waals surface area contributed by atoms with Crippen molar-refractivity contribution in [2.75, 3.05) is 5.32 Å². The number of benzene rings is 3. The van der Waals surface area contributed by atoms with Gasteiger partial charge in [-0.1, -0.05) is 36.4 Å². The summed E-state index contributed by atoms with van der Waals surface area (Å²) in [7, 11) is 0. The first-order valence-electron chi connectivity index (χ1n) is 8.53. The summed E-state index contributed by atoms with van der Waals surface area (Å²) in [4.78, 5) is 11.8. The number of carbonyl (C=O) groups is 1. The van der Waals surface area contributed by atoms with Crippen LogP contribution < -0.4 is 15.5 Å². The highest BCUT2D eigenvalue weighted by atomic mass is 127. The van der Waals surface area contributed by atoms with E-state index >= 15 is 0 Å². The molecule has 0 radical (unpaired) electrons. The van der Waals surface area contributed by atoms with Crippen molar-refractivity contribution in [1.29, 1.82) is 0 Å². The van der Waals surface area contributed by atoms with Crippen molar-refractivity contribution in [1.82, 2.24) is 5.43 Å². The molecule has 5 nitrogen and oxygen atoms in total. The van der Waals surface area contributed by atoms with Crippen molar-refractivity contribution in [2.24, 2.45) is 5.10 Å². The van der Waals surface area contributed by atoms with Gasteiger partial charge in [0.15, 0.2) is 0 Å². The van der Waals surface area contributed by atoms with E-state index in [1.807, 2.05) is 30.3 Å². The lowest BCUT2D eigenvalue weighted by atomic mass is 10.2. The maximum atomic E-state index is 13.8. The Morgan fingerprint density at radius 3 is 2.38 bits per heavy atom. The zero-order valence-corrected chi connectivity index (χ0v) is 19.3. The number of nitrogens with zero attached hydrogens (tertiary/aromatic N) is 1. The highest BCUT2D eigenvalue weighted by molar-refractivity contribution is 14.1. The second kappa shape index (κ2) is 10.5. The van der Waals surface area contributed by atoms with E-state index in [1.54, 1.807) is 36.5 Å². The number of anilines is 1. The molecule has 3 aromatic rings. The number of amides is 2. The molecule has 0 saturated heterocycles. The van der Waals surface area contributed by atoms with Gasteiger partial charge in [0, 0.05) is 11.3 Å². The Kier molecular flexibility index (Phi) is 7.81. The summed E-state index contributed by atoms with van der Waals surface area (Å²) in [6, 6.07) is 19.0. The van der Waals surface area contributed by atoms with Crippen molar-refractivity contribution in [3.8, 4) is 5.75 Å². The Labute approximate surface area is 195 Å². The number of rotatable bonds is 6. The van der Waals surface area contributed by atoms with Gasteiger partial charge < -0.3 is 10.1 Å². The molecule has 148 valence electrons. The van der Waals surface area contributed by atoms with E-state index in [9.17, 15) is 9.18 Å². The predicted molar refractivity (Wildman–Crippen MR) is 129 cm³/mol. The summed E-state index contributed by atoms with van der Waals surface area (Å²) >= 11 is 4.32. The Morgan fingerprint density at radius 2 is 1.69 bits per heavy atom. The van der Waals surface area contributed by atoms with E-state index in [4.69, 9.17) is 4.74 Å². The highest BCUT2D eigenvalue weighted by Gasteiger charge is 2.10. The molecule has 0 unspecified atom stereocenters. The van der Waals surface area contributed by atoms with E-state index in [0.717, 1.165) is 12.7 Å². The molecule has 8 heteroatoms. The normalized spacial score (nSPS) is 10.7. The van der Waals surface area contributed by atoms with Crippen LogP contribution in [0.1, 0.15) is 11.1 Å². The zero-order valence-electron chi connectivity index (χ0n) is 15.0. The molecule has 0 atom stereocenters. The lowest BCUT2D eigenvalue weighted by molar-refractivity contribution is 0.252. The van der Waals surface area contributed by atoms with Crippen LogP contribution in [-0.4, -0.2) is 12.2 Å². The minimum atomic E-state index is -0.429. The number of ether oxygens (including phenoxy) is 1. The van der Waals surface area contributed by atoms with Crippen LogP contribution in [0.4, 0.5) is 14.9 Å². The van der Waals surface area contributed by atoms with Crippen molar-refractivity contribution < 1.29 is 13.9 Å². The van der Waals surface area contributed by atoms with Gasteiger partial charge in [0.2, 0.25) is 0 Å². The fraction of sp³-hybridized carbons (Fsp3) is 0.0476. The molecule has 0 aliphatic carbocycles. The third kappa shape index (κ3) is 6.39. The maximum Gasteiger partial charge on any atom is 0.339 e. The summed E-state index contributed by atoms with van der Waals surface area (Å²) in [5.74, 6) is 0.391.